The van der Waals surface area contributed by atoms with Gasteiger partial charge < -0.3 is 5.32 Å². The van der Waals surface area contributed by atoms with Crippen molar-refractivity contribution in [2.75, 3.05) is 20.1 Å². The monoisotopic (exact) mass is 360 g/mol. The third-order valence-electron chi connectivity index (χ3n) is 3.63. The highest BCUT2D eigenvalue weighted by atomic mass is 32.2. The Balaban J connectivity index is 2.19. The number of rotatable bonds is 12. The summed E-state index contributed by atoms with van der Waals surface area (Å²) in [6.45, 7) is 2.67. The van der Waals surface area contributed by atoms with Gasteiger partial charge in [0.25, 0.3) is 10.0 Å². The van der Waals surface area contributed by atoms with Crippen LogP contribution in [0.25, 0.3) is 0 Å². The third-order valence-corrected chi connectivity index (χ3v) is 6.80. The molecule has 0 aromatic carbocycles. The van der Waals surface area contributed by atoms with Crippen molar-refractivity contribution in [2.24, 2.45) is 0 Å². The maximum absolute atomic E-state index is 12.2. The lowest BCUT2D eigenvalue weighted by Crippen LogP contribution is -2.38. The number of hydrogen-bond donors (Lipinski definition) is 1. The molecule has 0 bridgehead atoms. The molecule has 1 aromatic heterocycles. The van der Waals surface area contributed by atoms with Crippen LogP contribution in [0.5, 0.6) is 0 Å². The second-order valence-corrected chi connectivity index (χ2v) is 8.88. The molecule has 1 amide bonds. The van der Waals surface area contributed by atoms with Gasteiger partial charge in [-0.05, 0) is 17.9 Å². The average molecular weight is 361 g/mol. The predicted molar refractivity (Wildman–Crippen MR) is 95.1 cm³/mol. The molecule has 0 radical (unpaired) electrons. The first kappa shape index (κ1) is 20.1. The molecule has 5 nitrogen and oxygen atoms in total. The Morgan fingerprint density at radius 1 is 1.17 bits per heavy atom. The van der Waals surface area contributed by atoms with Crippen LogP contribution in [0.4, 0.5) is 0 Å². The van der Waals surface area contributed by atoms with E-state index >= 15 is 0 Å². The molecule has 0 unspecified atom stereocenters. The van der Waals surface area contributed by atoms with Crippen LogP contribution >= 0.6 is 11.3 Å². The Bertz CT molecular complexity index is 542. The minimum atomic E-state index is -3.55. The van der Waals surface area contributed by atoms with Gasteiger partial charge in [-0.25, -0.2) is 8.42 Å². The van der Waals surface area contributed by atoms with Crippen molar-refractivity contribution < 1.29 is 13.2 Å². The van der Waals surface area contributed by atoms with Gasteiger partial charge in [0.15, 0.2) is 0 Å². The number of thiophene rings is 1. The molecule has 1 rings (SSSR count). The predicted octanol–water partition coefficient (Wildman–Crippen LogP) is 3.24. The van der Waals surface area contributed by atoms with Gasteiger partial charge in [0.1, 0.15) is 4.21 Å². The number of unbranched alkanes of at least 4 members (excludes halogenated alkanes) is 6. The average Bonchev–Trinajstić information content (AvgIpc) is 3.05. The van der Waals surface area contributed by atoms with Crippen molar-refractivity contribution in [3.05, 3.63) is 17.5 Å². The van der Waals surface area contributed by atoms with Crippen LogP contribution in [0.15, 0.2) is 21.7 Å². The van der Waals surface area contributed by atoms with E-state index in [-0.39, 0.29) is 16.7 Å². The van der Waals surface area contributed by atoms with E-state index in [1.807, 2.05) is 0 Å². The Labute approximate surface area is 144 Å². The van der Waals surface area contributed by atoms with Crippen LogP contribution in [0.2, 0.25) is 0 Å². The summed E-state index contributed by atoms with van der Waals surface area (Å²) in [5, 5.41) is 4.50. The Morgan fingerprint density at radius 2 is 1.83 bits per heavy atom. The molecule has 1 heterocycles. The molecule has 7 heteroatoms. The largest absolute Gasteiger partial charge is 0.355 e. The summed E-state index contributed by atoms with van der Waals surface area (Å²) < 4.78 is 25.7. The molecular formula is C16H28N2O3S2. The lowest BCUT2D eigenvalue weighted by atomic mass is 10.1. The molecule has 0 saturated heterocycles. The van der Waals surface area contributed by atoms with Crippen molar-refractivity contribution >= 4 is 27.3 Å². The van der Waals surface area contributed by atoms with Gasteiger partial charge in [-0.2, -0.15) is 4.31 Å². The number of likely N-dealkylation sites (N-methyl/N-ethyl adjacent to an activating group) is 1. The van der Waals surface area contributed by atoms with Crippen molar-refractivity contribution in [3.8, 4) is 0 Å². The van der Waals surface area contributed by atoms with Gasteiger partial charge in [-0.1, -0.05) is 51.5 Å². The van der Waals surface area contributed by atoms with Crippen molar-refractivity contribution in [3.63, 3.8) is 0 Å². The van der Waals surface area contributed by atoms with E-state index in [0.717, 1.165) is 28.5 Å². The fraction of sp³-hybridized carbons (Fsp3) is 0.688. The zero-order valence-corrected chi connectivity index (χ0v) is 15.7. The van der Waals surface area contributed by atoms with Crippen LogP contribution in [-0.2, 0) is 14.8 Å². The second kappa shape index (κ2) is 10.8. The molecule has 0 aliphatic heterocycles. The number of nitrogens with zero attached hydrogens (tertiary/aromatic N) is 1. The van der Waals surface area contributed by atoms with E-state index in [2.05, 4.69) is 12.2 Å². The Morgan fingerprint density at radius 3 is 2.43 bits per heavy atom. The molecule has 132 valence electrons. The first-order valence-corrected chi connectivity index (χ1v) is 10.6. The second-order valence-electron chi connectivity index (χ2n) is 5.66. The van der Waals surface area contributed by atoms with Gasteiger partial charge >= 0.3 is 0 Å². The van der Waals surface area contributed by atoms with E-state index in [4.69, 9.17) is 0 Å². The summed E-state index contributed by atoms with van der Waals surface area (Å²) in [5.41, 5.74) is 0. The summed E-state index contributed by atoms with van der Waals surface area (Å²) in [5.74, 6) is -0.251. The summed E-state index contributed by atoms with van der Waals surface area (Å²) in [7, 11) is -2.11. The number of sulfonamides is 1. The molecule has 0 aliphatic rings. The number of carbonyl (C=O) groups is 1. The first-order chi connectivity index (χ1) is 11.0. The molecule has 0 spiro atoms. The van der Waals surface area contributed by atoms with Crippen molar-refractivity contribution in [1.29, 1.82) is 0 Å². The molecule has 0 fully saturated rings. The maximum Gasteiger partial charge on any atom is 0.252 e. The van der Waals surface area contributed by atoms with Gasteiger partial charge in [-0.3, -0.25) is 4.79 Å². The highest BCUT2D eigenvalue weighted by molar-refractivity contribution is 7.91. The summed E-state index contributed by atoms with van der Waals surface area (Å²) >= 11 is 1.16. The SMILES string of the molecule is CCCCCCCCCNC(=O)CN(C)S(=O)(=O)c1cccs1. The van der Waals surface area contributed by atoms with Gasteiger partial charge in [0, 0.05) is 13.6 Å². The maximum atomic E-state index is 12.2. The molecule has 0 saturated carbocycles. The Kier molecular flexibility index (Phi) is 9.43. The minimum Gasteiger partial charge on any atom is -0.355 e. The van der Waals surface area contributed by atoms with E-state index in [1.165, 1.54) is 39.2 Å². The molecule has 0 aliphatic carbocycles. The number of nitrogens with one attached hydrogen (secondary N) is 1. The summed E-state index contributed by atoms with van der Waals surface area (Å²) in [6, 6.07) is 3.24. The third kappa shape index (κ3) is 7.46. The zero-order chi connectivity index (χ0) is 17.1. The highest BCUT2D eigenvalue weighted by Gasteiger charge is 2.23. The first-order valence-electron chi connectivity index (χ1n) is 8.25. The molecule has 23 heavy (non-hydrogen) atoms. The van der Waals surface area contributed by atoms with Crippen LogP contribution in [-0.4, -0.2) is 38.8 Å². The molecular weight excluding hydrogens is 332 g/mol. The van der Waals surface area contributed by atoms with Crippen molar-refractivity contribution in [1.82, 2.24) is 9.62 Å². The Hall–Kier alpha value is -0.920. The zero-order valence-electron chi connectivity index (χ0n) is 14.1. The van der Waals surface area contributed by atoms with Crippen LogP contribution in [0.3, 0.4) is 0 Å². The van der Waals surface area contributed by atoms with E-state index in [1.54, 1.807) is 17.5 Å². The molecule has 0 atom stereocenters. The van der Waals surface area contributed by atoms with E-state index in [0.29, 0.717) is 6.54 Å². The fourth-order valence-corrected chi connectivity index (χ4v) is 4.55. The molecule has 1 N–H and O–H groups in total. The van der Waals surface area contributed by atoms with Gasteiger partial charge in [0.05, 0.1) is 6.54 Å². The van der Waals surface area contributed by atoms with Crippen molar-refractivity contribution in [2.45, 2.75) is 56.1 Å². The fourth-order valence-electron chi connectivity index (χ4n) is 2.22. The van der Waals surface area contributed by atoms with E-state index in [9.17, 15) is 13.2 Å². The van der Waals surface area contributed by atoms with Crippen LogP contribution in [0, 0.1) is 0 Å². The minimum absolute atomic E-state index is 0.142. The van der Waals surface area contributed by atoms with E-state index < -0.39 is 10.0 Å². The van der Waals surface area contributed by atoms with Crippen LogP contribution < -0.4 is 5.32 Å². The standard InChI is InChI=1S/C16H28N2O3S2/c1-3-4-5-6-7-8-9-12-17-15(19)14-18(2)23(20,21)16-11-10-13-22-16/h10-11,13H,3-9,12,14H2,1-2H3,(H,17,19). The van der Waals surface area contributed by atoms with Crippen LogP contribution in [0.1, 0.15) is 51.9 Å². The number of hydrogen-bond acceptors (Lipinski definition) is 4. The summed E-state index contributed by atoms with van der Waals surface area (Å²) in [4.78, 5) is 11.8. The van der Waals surface area contributed by atoms with Gasteiger partial charge in [-0.15, -0.1) is 11.3 Å². The quantitative estimate of drug-likeness (QED) is 0.582. The number of amides is 1. The smallest absolute Gasteiger partial charge is 0.252 e. The number of carbonyl (C=O) groups excluding carboxylic acids is 1. The lowest BCUT2D eigenvalue weighted by Gasteiger charge is -2.15. The van der Waals surface area contributed by atoms with Gasteiger partial charge in [0.2, 0.25) is 5.91 Å². The lowest BCUT2D eigenvalue weighted by molar-refractivity contribution is -0.121. The topological polar surface area (TPSA) is 66.5 Å². The highest BCUT2D eigenvalue weighted by Crippen LogP contribution is 2.19. The molecule has 1 aromatic rings. The normalized spacial score (nSPS) is 11.8. The summed E-state index contributed by atoms with van der Waals surface area (Å²) in [6.07, 6.45) is 8.33.